The number of carbonyl (C=O) groups is 5. The summed E-state index contributed by atoms with van der Waals surface area (Å²) in [5, 5.41) is 0. The monoisotopic (exact) mass is 949 g/mol. The Morgan fingerprint density at radius 1 is 0.368 bits per heavy atom. The maximum Gasteiger partial charge on any atom is 0.338 e. The normalized spacial score (nSPS) is 11.2. The molecule has 0 fully saturated rings. The Morgan fingerprint density at radius 3 is 1.10 bits per heavy atom. The Balaban J connectivity index is 1.75. The standard InChI is InChI=1S/C58H92O10/c1-5-9-20-30-48(31-21-10-6-2)38-42-64-54(59)36-26-15-13-17-28-40-66-56(61)51-44-52(46-53(45-51)58(63)68-47-50-34-24-19-25-35-50)57(62)67-41-29-18-14-16-27-37-55(60)65-43-39-49(32-22-11-7-3)33-23-12-8-4/h19,24-25,34-35,44-46,48-49H,5-18,20-23,26-33,36-43,47H2,1-4H3. The summed E-state index contributed by atoms with van der Waals surface area (Å²) in [6, 6.07) is 13.4. The molecule has 2 aromatic carbocycles. The SMILES string of the molecule is CCCCCC(CCCCC)CCOC(=O)CCCCCCCOC(=O)c1cc(C(=O)OCCCCCCCC(=O)OCCC(CCCCC)CCCCC)cc(C(=O)OCc2ccccc2)c1. The molecule has 0 bridgehead atoms. The Morgan fingerprint density at radius 2 is 0.721 bits per heavy atom. The van der Waals surface area contributed by atoms with E-state index in [4.69, 9.17) is 23.7 Å². The summed E-state index contributed by atoms with van der Waals surface area (Å²) in [7, 11) is 0. The average molecular weight is 949 g/mol. The van der Waals surface area contributed by atoms with Crippen molar-refractivity contribution in [3.05, 3.63) is 70.8 Å². The first-order chi connectivity index (χ1) is 33.2. The van der Waals surface area contributed by atoms with E-state index in [0.717, 1.165) is 69.8 Å². The van der Waals surface area contributed by atoms with Gasteiger partial charge in [-0.05, 0) is 74.1 Å². The van der Waals surface area contributed by atoms with Crippen LogP contribution >= 0.6 is 0 Å². The molecule has 0 spiro atoms. The van der Waals surface area contributed by atoms with E-state index >= 15 is 0 Å². The lowest BCUT2D eigenvalue weighted by Crippen LogP contribution is -2.14. The molecule has 0 saturated heterocycles. The molecule has 0 radical (unpaired) electrons. The van der Waals surface area contributed by atoms with E-state index in [1.807, 2.05) is 30.3 Å². The lowest BCUT2D eigenvalue weighted by molar-refractivity contribution is -0.145. The zero-order valence-corrected chi connectivity index (χ0v) is 43.1. The third-order valence-electron chi connectivity index (χ3n) is 12.8. The number of benzene rings is 2. The Hall–Kier alpha value is -4.21. The molecule has 0 aliphatic rings. The second-order valence-electron chi connectivity index (χ2n) is 18.9. The van der Waals surface area contributed by atoms with Gasteiger partial charge in [0.1, 0.15) is 6.61 Å². The van der Waals surface area contributed by atoms with Crippen molar-refractivity contribution in [2.45, 2.75) is 227 Å². The van der Waals surface area contributed by atoms with Crippen LogP contribution in [0.25, 0.3) is 0 Å². The fourth-order valence-electron chi connectivity index (χ4n) is 8.51. The van der Waals surface area contributed by atoms with Gasteiger partial charge in [0.2, 0.25) is 0 Å². The van der Waals surface area contributed by atoms with Gasteiger partial charge in [0.15, 0.2) is 0 Å². The van der Waals surface area contributed by atoms with Gasteiger partial charge < -0.3 is 23.7 Å². The Bertz CT molecular complexity index is 1520. The third kappa shape index (κ3) is 30.3. The third-order valence-corrected chi connectivity index (χ3v) is 12.8. The van der Waals surface area contributed by atoms with E-state index in [0.29, 0.717) is 50.7 Å². The largest absolute Gasteiger partial charge is 0.466 e. The maximum absolute atomic E-state index is 13.2. The van der Waals surface area contributed by atoms with E-state index in [2.05, 4.69) is 27.7 Å². The highest BCUT2D eigenvalue weighted by Gasteiger charge is 2.20. The summed E-state index contributed by atoms with van der Waals surface area (Å²) in [6.07, 6.45) is 30.6. The molecule has 0 aromatic heterocycles. The minimum Gasteiger partial charge on any atom is -0.466 e. The van der Waals surface area contributed by atoms with Crippen LogP contribution in [-0.2, 0) is 39.9 Å². The van der Waals surface area contributed by atoms with Crippen LogP contribution in [0, 0.1) is 11.8 Å². The summed E-state index contributed by atoms with van der Waals surface area (Å²) in [5.74, 6) is -0.929. The van der Waals surface area contributed by atoms with Crippen molar-refractivity contribution in [2.75, 3.05) is 26.4 Å². The number of ether oxygens (including phenoxy) is 5. The molecule has 0 atom stereocenters. The van der Waals surface area contributed by atoms with Crippen molar-refractivity contribution in [2.24, 2.45) is 11.8 Å². The quantitative estimate of drug-likeness (QED) is 0.0359. The maximum atomic E-state index is 13.2. The summed E-state index contributed by atoms with van der Waals surface area (Å²) >= 11 is 0. The van der Waals surface area contributed by atoms with Crippen molar-refractivity contribution < 1.29 is 47.7 Å². The van der Waals surface area contributed by atoms with Crippen LogP contribution in [0.15, 0.2) is 48.5 Å². The molecule has 0 N–H and O–H groups in total. The minimum absolute atomic E-state index is 0.0358. The highest BCUT2D eigenvalue weighted by Crippen LogP contribution is 2.23. The Labute approximate surface area is 412 Å². The fraction of sp³-hybridized carbons (Fsp3) is 0.707. The summed E-state index contributed by atoms with van der Waals surface area (Å²) in [6.45, 7) is 10.3. The fourth-order valence-corrected chi connectivity index (χ4v) is 8.51. The minimum atomic E-state index is -0.673. The van der Waals surface area contributed by atoms with Gasteiger partial charge in [0.25, 0.3) is 0 Å². The van der Waals surface area contributed by atoms with Gasteiger partial charge in [-0.3, -0.25) is 9.59 Å². The van der Waals surface area contributed by atoms with Gasteiger partial charge in [-0.2, -0.15) is 0 Å². The zero-order valence-electron chi connectivity index (χ0n) is 43.1. The van der Waals surface area contributed by atoms with Crippen LogP contribution in [0.3, 0.4) is 0 Å². The predicted octanol–water partition coefficient (Wildman–Crippen LogP) is 15.5. The van der Waals surface area contributed by atoms with E-state index < -0.39 is 17.9 Å². The van der Waals surface area contributed by atoms with Gasteiger partial charge in [0.05, 0.1) is 43.1 Å². The number of unbranched alkanes of at least 4 members (excludes halogenated alkanes) is 16. The van der Waals surface area contributed by atoms with Gasteiger partial charge in [-0.1, -0.05) is 199 Å². The molecule has 68 heavy (non-hydrogen) atoms. The highest BCUT2D eigenvalue weighted by atomic mass is 16.5. The van der Waals surface area contributed by atoms with E-state index in [1.54, 1.807) is 0 Å². The second kappa shape index (κ2) is 40.7. The van der Waals surface area contributed by atoms with Crippen LogP contribution in [0.5, 0.6) is 0 Å². The number of rotatable bonds is 43. The Kier molecular flexibility index (Phi) is 35.8. The molecule has 10 heteroatoms. The predicted molar refractivity (Wildman–Crippen MR) is 273 cm³/mol. The lowest BCUT2D eigenvalue weighted by Gasteiger charge is -2.16. The molecular formula is C58H92O10. The van der Waals surface area contributed by atoms with E-state index in [9.17, 15) is 24.0 Å². The van der Waals surface area contributed by atoms with E-state index in [-0.39, 0.29) is 48.4 Å². The smallest absolute Gasteiger partial charge is 0.338 e. The van der Waals surface area contributed by atoms with Crippen LogP contribution in [0.2, 0.25) is 0 Å². The van der Waals surface area contributed by atoms with Crippen molar-refractivity contribution >= 4 is 29.8 Å². The molecule has 0 amide bonds. The number of hydrogen-bond acceptors (Lipinski definition) is 10. The van der Waals surface area contributed by atoms with Crippen molar-refractivity contribution in [1.29, 1.82) is 0 Å². The number of carbonyl (C=O) groups excluding carboxylic acids is 5. The molecular weight excluding hydrogens is 857 g/mol. The molecule has 2 aromatic rings. The molecule has 0 heterocycles. The molecule has 0 aliphatic heterocycles. The van der Waals surface area contributed by atoms with Crippen LogP contribution in [0.1, 0.15) is 257 Å². The second-order valence-corrected chi connectivity index (χ2v) is 18.9. The zero-order chi connectivity index (χ0) is 49.3. The van der Waals surface area contributed by atoms with E-state index in [1.165, 1.54) is 121 Å². The molecule has 384 valence electrons. The molecule has 0 aliphatic carbocycles. The lowest BCUT2D eigenvalue weighted by atomic mass is 9.92. The van der Waals surface area contributed by atoms with Gasteiger partial charge >= 0.3 is 29.8 Å². The average Bonchev–Trinajstić information content (AvgIpc) is 3.34. The van der Waals surface area contributed by atoms with Gasteiger partial charge in [-0.15, -0.1) is 0 Å². The molecule has 0 saturated carbocycles. The molecule has 10 nitrogen and oxygen atoms in total. The molecule has 2 rings (SSSR count). The van der Waals surface area contributed by atoms with Gasteiger partial charge in [-0.25, -0.2) is 14.4 Å². The first-order valence-electron chi connectivity index (χ1n) is 27.2. The first kappa shape index (κ1) is 59.9. The number of esters is 5. The van der Waals surface area contributed by atoms with Crippen LogP contribution in [0.4, 0.5) is 0 Å². The number of hydrogen-bond donors (Lipinski definition) is 0. The topological polar surface area (TPSA) is 132 Å². The van der Waals surface area contributed by atoms with Crippen LogP contribution in [-0.4, -0.2) is 56.3 Å². The van der Waals surface area contributed by atoms with Gasteiger partial charge in [0, 0.05) is 12.8 Å². The highest BCUT2D eigenvalue weighted by molar-refractivity contribution is 6.00. The summed E-state index contributed by atoms with van der Waals surface area (Å²) in [5.41, 5.74) is 0.988. The summed E-state index contributed by atoms with van der Waals surface area (Å²) in [4.78, 5) is 64.4. The summed E-state index contributed by atoms with van der Waals surface area (Å²) < 4.78 is 27.8. The first-order valence-corrected chi connectivity index (χ1v) is 27.2. The molecule has 0 unspecified atom stereocenters. The van der Waals surface area contributed by atoms with Crippen LogP contribution < -0.4 is 0 Å². The van der Waals surface area contributed by atoms with Crippen molar-refractivity contribution in [1.82, 2.24) is 0 Å². The van der Waals surface area contributed by atoms with Crippen molar-refractivity contribution in [3.8, 4) is 0 Å². The van der Waals surface area contributed by atoms with Crippen molar-refractivity contribution in [3.63, 3.8) is 0 Å².